The molecule has 0 nitrogen and oxygen atoms in total. The van der Waals surface area contributed by atoms with Crippen LogP contribution in [-0.4, -0.2) is 18.6 Å². The molecule has 6 aliphatic rings. The van der Waals surface area contributed by atoms with Gasteiger partial charge in [-0.25, -0.2) is 0 Å². The highest BCUT2D eigenvalue weighted by atomic mass is 32.2. The van der Waals surface area contributed by atoms with Gasteiger partial charge >= 0.3 is 0 Å². The molecule has 4 fully saturated rings. The van der Waals surface area contributed by atoms with Crippen molar-refractivity contribution in [2.24, 2.45) is 47.3 Å². The van der Waals surface area contributed by atoms with Gasteiger partial charge in [0.25, 0.3) is 0 Å². The van der Waals surface area contributed by atoms with Gasteiger partial charge in [-0.05, 0) is 114 Å². The molecule has 0 aromatic rings. The molecule has 0 aromatic heterocycles. The number of hydrogen-bond donors (Lipinski definition) is 0. The summed E-state index contributed by atoms with van der Waals surface area (Å²) < 4.78 is 0. The van der Waals surface area contributed by atoms with Crippen molar-refractivity contribution in [3.05, 3.63) is 22.0 Å². The molecule has 0 amide bonds. The standard InChI is InChI=1S/C28H44S2Si/c1-15-7-8-19-9-10-20-22(21(19)11-15)12-16(2)27(20)31(5,6)28-25-23(13-17(3)29-25)24-14-18(4)30-26(24)28/h13-16,19-28H,7-12H2,1-6H3. The van der Waals surface area contributed by atoms with Crippen LogP contribution in [0.3, 0.4) is 0 Å². The fourth-order valence-electron chi connectivity index (χ4n) is 10.3. The van der Waals surface area contributed by atoms with E-state index in [0.29, 0.717) is 0 Å². The maximum absolute atomic E-state index is 2.87. The SMILES string of the molecule is CC1=CC2C3C=C(C)SC3C([Si](C)(C)C3C(C)CC4C5CC(C)CCC5CCC43)C2S1. The van der Waals surface area contributed by atoms with Gasteiger partial charge in [-0.15, -0.1) is 23.5 Å². The van der Waals surface area contributed by atoms with Gasteiger partial charge in [0.2, 0.25) is 0 Å². The molecule has 172 valence electrons. The second kappa shape index (κ2) is 7.70. The van der Waals surface area contributed by atoms with E-state index >= 15 is 0 Å². The zero-order valence-electron chi connectivity index (χ0n) is 20.6. The summed E-state index contributed by atoms with van der Waals surface area (Å²) in [6.07, 6.45) is 14.7. The maximum atomic E-state index is 2.87. The molecule has 0 aromatic carbocycles. The Morgan fingerprint density at radius 1 is 0.742 bits per heavy atom. The van der Waals surface area contributed by atoms with Crippen LogP contribution in [0.1, 0.15) is 66.2 Å². The summed E-state index contributed by atoms with van der Waals surface area (Å²) in [6, 6.07) is 0. The lowest BCUT2D eigenvalue weighted by Crippen LogP contribution is -2.48. The van der Waals surface area contributed by atoms with Gasteiger partial charge in [0.15, 0.2) is 0 Å². The number of hydrogen-bond acceptors (Lipinski definition) is 2. The van der Waals surface area contributed by atoms with E-state index in [4.69, 9.17) is 0 Å². The minimum atomic E-state index is -1.42. The summed E-state index contributed by atoms with van der Waals surface area (Å²) in [6.45, 7) is 15.8. The minimum absolute atomic E-state index is 0.833. The average Bonchev–Trinajstić information content (AvgIpc) is 3.40. The predicted molar refractivity (Wildman–Crippen MR) is 142 cm³/mol. The van der Waals surface area contributed by atoms with Crippen molar-refractivity contribution >= 4 is 31.6 Å². The first kappa shape index (κ1) is 21.9. The first-order valence-electron chi connectivity index (χ1n) is 13.5. The van der Waals surface area contributed by atoms with Gasteiger partial charge < -0.3 is 0 Å². The Bertz CT molecular complexity index is 767. The van der Waals surface area contributed by atoms with Crippen molar-refractivity contribution in [1.29, 1.82) is 0 Å². The number of fused-ring (bicyclic) bond motifs is 6. The number of allylic oxidation sites excluding steroid dienone is 4. The first-order valence-corrected chi connectivity index (χ1v) is 18.4. The minimum Gasteiger partial charge on any atom is -0.127 e. The van der Waals surface area contributed by atoms with Crippen LogP contribution < -0.4 is 0 Å². The molecular weight excluding hydrogens is 429 g/mol. The van der Waals surface area contributed by atoms with Gasteiger partial charge in [0, 0.05) is 10.5 Å². The van der Waals surface area contributed by atoms with E-state index in [1.807, 2.05) is 0 Å². The Balaban J connectivity index is 1.31. The van der Waals surface area contributed by atoms with Crippen molar-refractivity contribution in [2.45, 2.75) is 101 Å². The number of thioether (sulfide) groups is 2. The van der Waals surface area contributed by atoms with Crippen molar-refractivity contribution in [2.75, 3.05) is 0 Å². The molecule has 0 radical (unpaired) electrons. The highest BCUT2D eigenvalue weighted by Crippen LogP contribution is 2.69. The molecule has 6 rings (SSSR count). The lowest BCUT2D eigenvalue weighted by molar-refractivity contribution is 0.0517. The van der Waals surface area contributed by atoms with Crippen LogP contribution in [0.4, 0.5) is 0 Å². The van der Waals surface area contributed by atoms with Crippen molar-refractivity contribution in [3.8, 4) is 0 Å². The molecule has 2 heterocycles. The number of rotatable bonds is 2. The van der Waals surface area contributed by atoms with Crippen LogP contribution in [0.15, 0.2) is 22.0 Å². The average molecular weight is 473 g/mol. The van der Waals surface area contributed by atoms with Gasteiger partial charge in [0.1, 0.15) is 0 Å². The monoisotopic (exact) mass is 472 g/mol. The fraction of sp³-hybridized carbons (Fsp3) is 0.857. The molecule has 4 aliphatic carbocycles. The summed E-state index contributed by atoms with van der Waals surface area (Å²) in [7, 11) is -1.42. The van der Waals surface area contributed by atoms with E-state index in [9.17, 15) is 0 Å². The normalized spacial score (nSPS) is 53.5. The molecule has 3 heteroatoms. The van der Waals surface area contributed by atoms with Crippen LogP contribution in [0.5, 0.6) is 0 Å². The van der Waals surface area contributed by atoms with E-state index in [2.05, 4.69) is 76.5 Å². The molecule has 0 spiro atoms. The molecule has 0 bridgehead atoms. The molecule has 31 heavy (non-hydrogen) atoms. The summed E-state index contributed by atoms with van der Waals surface area (Å²) in [4.78, 5) is 3.25. The maximum Gasteiger partial charge on any atom is 0.0566 e. The Kier molecular flexibility index (Phi) is 5.44. The third kappa shape index (κ3) is 3.28. The Morgan fingerprint density at radius 3 is 2.00 bits per heavy atom. The lowest BCUT2D eigenvalue weighted by Gasteiger charge is -2.50. The van der Waals surface area contributed by atoms with Gasteiger partial charge in [-0.2, -0.15) is 0 Å². The van der Waals surface area contributed by atoms with Crippen LogP contribution in [0.2, 0.25) is 24.2 Å². The van der Waals surface area contributed by atoms with E-state index in [-0.39, 0.29) is 0 Å². The second-order valence-corrected chi connectivity index (χ2v) is 21.0. The molecular formula is C28H44S2Si. The van der Waals surface area contributed by atoms with Gasteiger partial charge in [-0.3, -0.25) is 0 Å². The largest absolute Gasteiger partial charge is 0.127 e. The topological polar surface area (TPSA) is 0 Å². The molecule has 0 N–H and O–H groups in total. The quantitative estimate of drug-likeness (QED) is 0.368. The van der Waals surface area contributed by atoms with Crippen molar-refractivity contribution in [3.63, 3.8) is 0 Å². The van der Waals surface area contributed by atoms with Crippen LogP contribution in [0.25, 0.3) is 0 Å². The van der Waals surface area contributed by atoms with Crippen LogP contribution >= 0.6 is 23.5 Å². The van der Waals surface area contributed by atoms with E-state index in [0.717, 1.165) is 68.9 Å². The fourth-order valence-corrected chi connectivity index (χ4v) is 21.4. The second-order valence-electron chi connectivity index (χ2n) is 13.2. The summed E-state index contributed by atoms with van der Waals surface area (Å²) in [5.41, 5.74) is 2.07. The van der Waals surface area contributed by atoms with E-state index in [1.54, 1.807) is 41.9 Å². The highest BCUT2D eigenvalue weighted by Gasteiger charge is 2.63. The van der Waals surface area contributed by atoms with Crippen molar-refractivity contribution in [1.82, 2.24) is 0 Å². The van der Waals surface area contributed by atoms with Crippen LogP contribution in [-0.2, 0) is 0 Å². The Labute approximate surface area is 201 Å². The zero-order chi connectivity index (χ0) is 21.7. The Morgan fingerprint density at radius 2 is 1.35 bits per heavy atom. The molecule has 4 saturated carbocycles. The highest BCUT2D eigenvalue weighted by molar-refractivity contribution is 8.05. The lowest BCUT2D eigenvalue weighted by atomic mass is 9.60. The zero-order valence-corrected chi connectivity index (χ0v) is 23.3. The summed E-state index contributed by atoms with van der Waals surface area (Å²) in [5.74, 6) is 7.95. The third-order valence-corrected chi connectivity index (χ3v) is 19.5. The van der Waals surface area contributed by atoms with E-state index < -0.39 is 8.07 Å². The molecule has 0 saturated heterocycles. The summed E-state index contributed by atoms with van der Waals surface area (Å²) in [5, 5.41) is 1.79. The van der Waals surface area contributed by atoms with E-state index in [1.165, 1.54) is 6.42 Å². The first-order chi connectivity index (χ1) is 14.8. The summed E-state index contributed by atoms with van der Waals surface area (Å²) >= 11 is 4.58. The van der Waals surface area contributed by atoms with Crippen molar-refractivity contribution < 1.29 is 0 Å². The van der Waals surface area contributed by atoms with Crippen LogP contribution in [0, 0.1) is 47.3 Å². The molecule has 2 aliphatic heterocycles. The third-order valence-electron chi connectivity index (χ3n) is 11.1. The predicted octanol–water partition coefficient (Wildman–Crippen LogP) is 8.84. The van der Waals surface area contributed by atoms with Gasteiger partial charge in [-0.1, -0.05) is 45.5 Å². The van der Waals surface area contributed by atoms with Gasteiger partial charge in [0.05, 0.1) is 8.07 Å². The Hall–Kier alpha value is 0.397. The molecule has 11 atom stereocenters. The molecule has 11 unspecified atom stereocenters. The smallest absolute Gasteiger partial charge is 0.0566 e.